The molecule has 1 heterocycles. The molecule has 1 aliphatic heterocycles. The fraction of sp³-hybridized carbons (Fsp3) is 0.172. The second kappa shape index (κ2) is 8.75. The maximum absolute atomic E-state index is 14.6. The Hall–Kier alpha value is -3.83. The molecule has 0 bridgehead atoms. The summed E-state index contributed by atoms with van der Waals surface area (Å²) in [5.41, 5.74) is 1.15. The van der Waals surface area contributed by atoms with Crippen molar-refractivity contribution < 1.29 is 19.4 Å². The van der Waals surface area contributed by atoms with Gasteiger partial charge in [0.1, 0.15) is 11.5 Å². The van der Waals surface area contributed by atoms with Crippen molar-refractivity contribution in [2.75, 3.05) is 12.0 Å². The van der Waals surface area contributed by atoms with Gasteiger partial charge in [0.25, 0.3) is 0 Å². The van der Waals surface area contributed by atoms with Gasteiger partial charge in [-0.2, -0.15) is 0 Å². The van der Waals surface area contributed by atoms with Gasteiger partial charge in [-0.3, -0.25) is 9.59 Å². The predicted octanol–water partition coefficient (Wildman–Crippen LogP) is 5.78. The third-order valence-electron chi connectivity index (χ3n) is 7.11. The molecule has 3 aromatic rings. The smallest absolute Gasteiger partial charge is 0.246 e. The molecule has 6 heteroatoms. The van der Waals surface area contributed by atoms with Crippen molar-refractivity contribution in [1.29, 1.82) is 0 Å². The number of phenolic OH excluding ortho intramolecular Hbond substituents is 1. The number of amides is 2. The minimum absolute atomic E-state index is 0.0143. The number of hydrogen-bond donors (Lipinski definition) is 1. The number of nitrogens with zero attached hydrogens (tertiary/aromatic N) is 1. The second-order valence-electron chi connectivity index (χ2n) is 8.75. The summed E-state index contributed by atoms with van der Waals surface area (Å²) in [6.07, 6.45) is 4.01. The van der Waals surface area contributed by atoms with E-state index >= 15 is 0 Å². The van der Waals surface area contributed by atoms with E-state index in [9.17, 15) is 14.7 Å². The van der Waals surface area contributed by atoms with Crippen LogP contribution in [0.3, 0.4) is 0 Å². The Kier molecular flexibility index (Phi) is 5.73. The number of benzene rings is 3. The summed E-state index contributed by atoms with van der Waals surface area (Å²) < 4.78 is 5.27. The summed E-state index contributed by atoms with van der Waals surface area (Å²) in [4.78, 5) is 29.7. The van der Waals surface area contributed by atoms with Crippen molar-refractivity contribution in [3.05, 3.63) is 113 Å². The number of halogens is 1. The van der Waals surface area contributed by atoms with Gasteiger partial charge in [0, 0.05) is 22.6 Å². The highest BCUT2D eigenvalue weighted by atomic mass is 35.5. The van der Waals surface area contributed by atoms with E-state index in [0.717, 1.165) is 5.57 Å². The first-order chi connectivity index (χ1) is 16.9. The summed E-state index contributed by atoms with van der Waals surface area (Å²) in [7, 11) is 1.52. The maximum Gasteiger partial charge on any atom is 0.246 e. The van der Waals surface area contributed by atoms with Crippen LogP contribution in [0.4, 0.5) is 5.69 Å². The molecule has 0 spiro atoms. The molecule has 1 saturated heterocycles. The molecule has 3 aromatic carbocycles. The van der Waals surface area contributed by atoms with Crippen LogP contribution in [0, 0.1) is 5.92 Å². The van der Waals surface area contributed by atoms with E-state index in [-0.39, 0.29) is 17.6 Å². The largest absolute Gasteiger partial charge is 0.508 e. The molecule has 0 aromatic heterocycles. The fourth-order valence-corrected chi connectivity index (χ4v) is 5.80. The molecule has 0 saturated carbocycles. The van der Waals surface area contributed by atoms with Gasteiger partial charge in [0.15, 0.2) is 0 Å². The fourth-order valence-electron chi connectivity index (χ4n) is 5.62. The molecule has 176 valence electrons. The Morgan fingerprint density at radius 2 is 1.86 bits per heavy atom. The number of aromatic hydroxyl groups is 1. The van der Waals surface area contributed by atoms with Gasteiger partial charge in [-0.1, -0.05) is 72.8 Å². The number of anilines is 1. The molecule has 35 heavy (non-hydrogen) atoms. The predicted molar refractivity (Wildman–Crippen MR) is 136 cm³/mol. The molecule has 5 rings (SSSR count). The molecule has 1 N–H and O–H groups in total. The number of imide groups is 1. The summed E-state index contributed by atoms with van der Waals surface area (Å²) in [6, 6.07) is 21.1. The molecule has 5 nitrogen and oxygen atoms in total. The van der Waals surface area contributed by atoms with E-state index in [1.165, 1.54) is 18.1 Å². The van der Waals surface area contributed by atoms with Crippen LogP contribution < -0.4 is 9.64 Å². The summed E-state index contributed by atoms with van der Waals surface area (Å²) in [5, 5.41) is 11.5. The minimum atomic E-state index is -1.29. The lowest BCUT2D eigenvalue weighted by molar-refractivity contribution is -0.123. The van der Waals surface area contributed by atoms with Crippen LogP contribution in [0.5, 0.6) is 11.5 Å². The van der Waals surface area contributed by atoms with Crippen LogP contribution in [0.25, 0.3) is 0 Å². The van der Waals surface area contributed by atoms with Crippen molar-refractivity contribution >= 4 is 29.1 Å². The number of hydrogen-bond acceptors (Lipinski definition) is 4. The number of allylic oxidation sites excluding steroid dienone is 3. The highest BCUT2D eigenvalue weighted by molar-refractivity contribution is 6.32. The maximum atomic E-state index is 14.6. The van der Waals surface area contributed by atoms with Crippen molar-refractivity contribution in [2.45, 2.75) is 17.8 Å². The highest BCUT2D eigenvalue weighted by Crippen LogP contribution is 2.59. The van der Waals surface area contributed by atoms with Gasteiger partial charge in [-0.05, 0) is 41.8 Å². The number of carbonyl (C=O) groups is 2. The molecule has 1 fully saturated rings. The van der Waals surface area contributed by atoms with Crippen LogP contribution >= 0.6 is 11.6 Å². The van der Waals surface area contributed by atoms with E-state index < -0.39 is 17.3 Å². The summed E-state index contributed by atoms with van der Waals surface area (Å²) in [5.74, 6) is -1.49. The van der Waals surface area contributed by atoms with Crippen molar-refractivity contribution in [1.82, 2.24) is 0 Å². The number of rotatable bonds is 5. The van der Waals surface area contributed by atoms with E-state index in [4.69, 9.17) is 16.3 Å². The van der Waals surface area contributed by atoms with Gasteiger partial charge in [-0.15, -0.1) is 0 Å². The third kappa shape index (κ3) is 3.38. The van der Waals surface area contributed by atoms with E-state index in [0.29, 0.717) is 34.0 Å². The summed E-state index contributed by atoms with van der Waals surface area (Å²) >= 11 is 6.23. The third-order valence-corrected chi connectivity index (χ3v) is 7.34. The van der Waals surface area contributed by atoms with Crippen molar-refractivity contribution in [3.8, 4) is 11.5 Å². The first-order valence-corrected chi connectivity index (χ1v) is 11.7. The van der Waals surface area contributed by atoms with Gasteiger partial charge in [0.2, 0.25) is 11.8 Å². The molecule has 2 aliphatic rings. The molecule has 3 unspecified atom stereocenters. The first kappa shape index (κ1) is 22.9. The van der Waals surface area contributed by atoms with Gasteiger partial charge in [-0.25, -0.2) is 4.90 Å². The van der Waals surface area contributed by atoms with Gasteiger partial charge in [0.05, 0.1) is 24.1 Å². The first-order valence-electron chi connectivity index (χ1n) is 11.3. The van der Waals surface area contributed by atoms with Crippen LogP contribution in [0.15, 0.2) is 97.1 Å². The Labute approximate surface area is 208 Å². The molecule has 0 radical (unpaired) electrons. The van der Waals surface area contributed by atoms with Crippen LogP contribution in [0.2, 0.25) is 5.02 Å². The highest BCUT2D eigenvalue weighted by Gasteiger charge is 2.66. The molecule has 3 atom stereocenters. The Morgan fingerprint density at radius 3 is 2.51 bits per heavy atom. The molecular weight excluding hydrogens is 462 g/mol. The lowest BCUT2D eigenvalue weighted by atomic mass is 9.56. The number of fused-ring (bicyclic) bond motifs is 1. The quantitative estimate of drug-likeness (QED) is 0.465. The topological polar surface area (TPSA) is 66.8 Å². The Morgan fingerprint density at radius 1 is 1.09 bits per heavy atom. The SMILES string of the molecule is C=CC1=CCC2C(=O)N(c3cccc(Cl)c3)C(=O)C2(c2ccccc2)C1c1ccc(OC)cc1O. The zero-order valence-electron chi connectivity index (χ0n) is 19.1. The Bertz CT molecular complexity index is 1370. The van der Waals surface area contributed by atoms with Gasteiger partial charge < -0.3 is 9.84 Å². The number of ether oxygens (including phenoxy) is 1. The standard InChI is InChI=1S/C29H24ClNO4/c1-3-18-12-15-24-27(33)31(21-11-7-10-20(30)16-21)28(34)29(24,19-8-5-4-6-9-19)26(18)23-14-13-22(35-2)17-25(23)32/h3-14,16-17,24,26,32H,1,15H2,2H3. The van der Waals surface area contributed by atoms with E-state index in [2.05, 4.69) is 6.58 Å². The molecule has 1 aliphatic carbocycles. The lowest BCUT2D eigenvalue weighted by Gasteiger charge is -2.43. The average Bonchev–Trinajstić information content (AvgIpc) is 3.11. The zero-order chi connectivity index (χ0) is 24.7. The van der Waals surface area contributed by atoms with Crippen LogP contribution in [0.1, 0.15) is 23.5 Å². The Balaban J connectivity index is 1.81. The number of methoxy groups -OCH3 is 1. The van der Waals surface area contributed by atoms with E-state index in [1.807, 2.05) is 36.4 Å². The number of phenols is 1. The monoisotopic (exact) mass is 485 g/mol. The van der Waals surface area contributed by atoms with Gasteiger partial charge >= 0.3 is 0 Å². The lowest BCUT2D eigenvalue weighted by Crippen LogP contribution is -2.48. The average molecular weight is 486 g/mol. The van der Waals surface area contributed by atoms with Crippen molar-refractivity contribution in [2.24, 2.45) is 5.92 Å². The van der Waals surface area contributed by atoms with Crippen molar-refractivity contribution in [3.63, 3.8) is 0 Å². The summed E-state index contributed by atoms with van der Waals surface area (Å²) in [6.45, 7) is 3.99. The zero-order valence-corrected chi connectivity index (χ0v) is 19.9. The van der Waals surface area contributed by atoms with Crippen LogP contribution in [-0.4, -0.2) is 24.0 Å². The van der Waals surface area contributed by atoms with Crippen LogP contribution in [-0.2, 0) is 15.0 Å². The normalized spacial score (nSPS) is 23.6. The molecule has 2 amide bonds. The minimum Gasteiger partial charge on any atom is -0.508 e. The second-order valence-corrected chi connectivity index (χ2v) is 9.18. The number of carbonyl (C=O) groups excluding carboxylic acids is 2. The molecular formula is C29H24ClNO4. The van der Waals surface area contributed by atoms with E-state index in [1.54, 1.807) is 42.5 Å².